The average Bonchev–Trinajstić information content (AvgIpc) is 4.26. The molecule has 20 heteroatoms. The number of anilines is 3. The van der Waals surface area contributed by atoms with Gasteiger partial charge in [0.15, 0.2) is 5.78 Å². The molecule has 4 aromatic heterocycles. The first kappa shape index (κ1) is 53.2. The van der Waals surface area contributed by atoms with E-state index < -0.39 is 12.1 Å². The Balaban J connectivity index is 0.703. The zero-order chi connectivity index (χ0) is 52.6. The number of nitrogens with one attached hydrogen (secondary N) is 3. The summed E-state index contributed by atoms with van der Waals surface area (Å²) in [5.74, 6) is 0.710. The molecule has 4 aliphatic rings. The maximum atomic E-state index is 14.2. The van der Waals surface area contributed by atoms with E-state index in [1.807, 2.05) is 21.9 Å². The maximum absolute atomic E-state index is 14.2. The number of benzene rings is 1. The summed E-state index contributed by atoms with van der Waals surface area (Å²) in [5.41, 5.74) is 2.67. The van der Waals surface area contributed by atoms with Crippen LogP contribution >= 0.6 is 11.3 Å². The van der Waals surface area contributed by atoms with E-state index in [0.717, 1.165) is 76.3 Å². The van der Waals surface area contributed by atoms with Crippen molar-refractivity contribution in [2.45, 2.75) is 122 Å². The Morgan fingerprint density at radius 1 is 0.853 bits per heavy atom. The van der Waals surface area contributed by atoms with Gasteiger partial charge in [-0.05, 0) is 102 Å². The van der Waals surface area contributed by atoms with Gasteiger partial charge >= 0.3 is 0 Å². The number of pyridine rings is 2. The number of aryl methyl sites for hydroxylation is 1. The van der Waals surface area contributed by atoms with Crippen LogP contribution < -0.4 is 31.1 Å². The highest BCUT2D eigenvalue weighted by molar-refractivity contribution is 7.10. The predicted octanol–water partition coefficient (Wildman–Crippen LogP) is 6.71. The minimum absolute atomic E-state index is 0.0166. The van der Waals surface area contributed by atoms with Crippen molar-refractivity contribution in [1.29, 1.82) is 0 Å². The van der Waals surface area contributed by atoms with Crippen LogP contribution in [0, 0.1) is 12.8 Å². The van der Waals surface area contributed by atoms with Crippen LogP contribution in [0.15, 0.2) is 59.0 Å². The topological polar surface area (TPSA) is 223 Å². The molecule has 2 saturated carbocycles. The smallest absolute Gasteiger partial charge is 0.263 e. The second-order valence-corrected chi connectivity index (χ2v) is 21.1. The summed E-state index contributed by atoms with van der Waals surface area (Å²) in [7, 11) is 1.73. The SMILES string of the molecule is CNC(C)C(=O)N[C@H](C(=O)N1CCCC1c1nc(C(=O)c2cccc(OCCOCCC(=O)N3CCN(c4ccc(Nc5ncc6c(C)c(C(C)=O)c(=O)n(C7CCCC7)c6n5)nc4)CC3)c2)cs1)C1CCCCC1. The molecule has 3 N–H and O–H groups in total. The van der Waals surface area contributed by atoms with Gasteiger partial charge in [-0.1, -0.05) is 44.2 Å². The van der Waals surface area contributed by atoms with E-state index in [0.29, 0.717) is 83.1 Å². The molecular formula is C55H69N11O8S. The van der Waals surface area contributed by atoms with E-state index in [9.17, 15) is 28.8 Å². The quantitative estimate of drug-likeness (QED) is 0.0544. The van der Waals surface area contributed by atoms with Crippen molar-refractivity contribution >= 4 is 69.1 Å². The van der Waals surface area contributed by atoms with Gasteiger partial charge in [0, 0.05) is 61.3 Å². The number of carbonyl (C=O) groups excluding carboxylic acids is 5. The molecule has 75 heavy (non-hydrogen) atoms. The number of Topliss-reactive ketones (excluding diaryl/α,β-unsaturated/α-hetero) is 1. The molecule has 3 atom stereocenters. The highest BCUT2D eigenvalue weighted by Crippen LogP contribution is 2.37. The fourth-order valence-corrected chi connectivity index (χ4v) is 12.0. The fraction of sp³-hybridized carbons (Fsp3) is 0.527. The molecule has 2 unspecified atom stereocenters. The predicted molar refractivity (Wildman–Crippen MR) is 286 cm³/mol. The number of rotatable bonds is 20. The third-order valence-corrected chi connectivity index (χ3v) is 16.3. The first-order valence-electron chi connectivity index (χ1n) is 26.7. The first-order chi connectivity index (χ1) is 36.4. The second kappa shape index (κ2) is 24.4. The summed E-state index contributed by atoms with van der Waals surface area (Å²) in [6, 6.07) is 9.48. The molecule has 2 saturated heterocycles. The van der Waals surface area contributed by atoms with Gasteiger partial charge < -0.3 is 40.1 Å². The molecular weight excluding hydrogens is 975 g/mol. The molecule has 0 spiro atoms. The van der Waals surface area contributed by atoms with E-state index in [1.54, 1.807) is 67.5 Å². The summed E-state index contributed by atoms with van der Waals surface area (Å²) in [6.45, 7) is 8.73. The lowest BCUT2D eigenvalue weighted by molar-refractivity contribution is -0.139. The van der Waals surface area contributed by atoms with Gasteiger partial charge in [-0.3, -0.25) is 33.3 Å². The molecule has 2 aliphatic carbocycles. The van der Waals surface area contributed by atoms with Crippen molar-refractivity contribution in [1.82, 2.24) is 44.9 Å². The lowest BCUT2D eigenvalue weighted by Crippen LogP contribution is -2.55. The number of aromatic nitrogens is 5. The zero-order valence-corrected chi connectivity index (χ0v) is 44.3. The first-order valence-corrected chi connectivity index (χ1v) is 27.5. The standard InChI is InChI=1S/C55H69N11O8S/c1-34-42-32-58-55(62-50(42)66(39-15-8-9-16-39)53(71)47(34)36(3)67)60-45-20-19-40(31-57-45)63-23-25-64(26-24-63)46(68)21-27-73-28-29-74-41-17-10-14-38(30-41)49(69)43-33-75-52(59-43)44-18-11-22-65(44)54(72)48(37-12-6-5-7-13-37)61-51(70)35(2)56-4/h10,14,17,19-20,30-33,35,37,39,44,48,56H,5-9,11-13,15-16,18,21-29H2,1-4H3,(H,61,70)(H,57,58,60,62)/t35?,44?,48-/m0/s1. The highest BCUT2D eigenvalue weighted by Gasteiger charge is 2.40. The molecule has 398 valence electrons. The van der Waals surface area contributed by atoms with Crippen LogP contribution in [-0.2, 0) is 19.1 Å². The number of hydrogen-bond donors (Lipinski definition) is 3. The van der Waals surface area contributed by atoms with Gasteiger partial charge in [0.2, 0.25) is 29.5 Å². The molecule has 0 bridgehead atoms. The number of hydrogen-bond acceptors (Lipinski definition) is 16. The average molecular weight is 1040 g/mol. The number of nitrogens with zero attached hydrogens (tertiary/aromatic N) is 8. The van der Waals surface area contributed by atoms with Crippen LogP contribution in [0.5, 0.6) is 5.75 Å². The monoisotopic (exact) mass is 1040 g/mol. The number of likely N-dealkylation sites (tertiary alicyclic amines) is 1. The van der Waals surface area contributed by atoms with Crippen LogP contribution in [-0.4, -0.2) is 135 Å². The summed E-state index contributed by atoms with van der Waals surface area (Å²) in [4.78, 5) is 105. The summed E-state index contributed by atoms with van der Waals surface area (Å²) < 4.78 is 13.4. The van der Waals surface area contributed by atoms with Gasteiger partial charge in [0.1, 0.15) is 40.6 Å². The molecule has 4 fully saturated rings. The minimum Gasteiger partial charge on any atom is -0.491 e. The van der Waals surface area contributed by atoms with Crippen molar-refractivity contribution in [3.63, 3.8) is 0 Å². The molecule has 6 heterocycles. The van der Waals surface area contributed by atoms with Crippen LogP contribution in [0.4, 0.5) is 17.5 Å². The highest BCUT2D eigenvalue weighted by atomic mass is 32.1. The summed E-state index contributed by atoms with van der Waals surface area (Å²) in [6.07, 6.45) is 14.0. The maximum Gasteiger partial charge on any atom is 0.263 e. The number of carbonyl (C=O) groups is 5. The fourth-order valence-electron chi connectivity index (χ4n) is 11.1. The number of piperazine rings is 1. The zero-order valence-electron chi connectivity index (χ0n) is 43.5. The van der Waals surface area contributed by atoms with Crippen molar-refractivity contribution < 1.29 is 33.4 Å². The largest absolute Gasteiger partial charge is 0.491 e. The number of ether oxygens (including phenoxy) is 2. The van der Waals surface area contributed by atoms with Gasteiger partial charge in [-0.25, -0.2) is 15.0 Å². The molecule has 5 aromatic rings. The number of likely N-dealkylation sites (N-methyl/N-ethyl adjacent to an activating group) is 1. The van der Waals surface area contributed by atoms with E-state index in [-0.39, 0.29) is 84.7 Å². The van der Waals surface area contributed by atoms with Crippen LogP contribution in [0.1, 0.15) is 140 Å². The molecule has 9 rings (SSSR count). The number of fused-ring (bicyclic) bond motifs is 1. The lowest BCUT2D eigenvalue weighted by atomic mass is 9.83. The molecule has 2 aliphatic heterocycles. The Morgan fingerprint density at radius 3 is 2.36 bits per heavy atom. The summed E-state index contributed by atoms with van der Waals surface area (Å²) in [5, 5.41) is 12.4. The molecule has 1 aromatic carbocycles. The third-order valence-electron chi connectivity index (χ3n) is 15.4. The Morgan fingerprint density at radius 2 is 1.63 bits per heavy atom. The molecule has 3 amide bonds. The Kier molecular flexibility index (Phi) is 17.3. The number of thiazole rings is 1. The van der Waals surface area contributed by atoms with Crippen molar-refractivity contribution in [3.8, 4) is 5.75 Å². The minimum atomic E-state index is -0.594. The van der Waals surface area contributed by atoms with E-state index in [1.165, 1.54) is 18.3 Å². The molecule has 19 nitrogen and oxygen atoms in total. The Hall–Kier alpha value is -6.64. The lowest BCUT2D eigenvalue weighted by Gasteiger charge is -2.36. The van der Waals surface area contributed by atoms with E-state index in [4.69, 9.17) is 19.4 Å². The Bertz CT molecular complexity index is 2930. The Labute approximate surface area is 441 Å². The van der Waals surface area contributed by atoms with Gasteiger partial charge in [-0.15, -0.1) is 11.3 Å². The molecule has 0 radical (unpaired) electrons. The normalized spacial score (nSPS) is 18.3. The van der Waals surface area contributed by atoms with Crippen molar-refractivity contribution in [2.24, 2.45) is 5.92 Å². The van der Waals surface area contributed by atoms with Crippen LogP contribution in [0.2, 0.25) is 0 Å². The van der Waals surface area contributed by atoms with Crippen molar-refractivity contribution in [3.05, 3.63) is 91.9 Å². The third kappa shape index (κ3) is 12.2. The number of amides is 3. The van der Waals surface area contributed by atoms with Gasteiger partial charge in [0.05, 0.1) is 49.2 Å². The van der Waals surface area contributed by atoms with E-state index in [2.05, 4.69) is 30.8 Å². The van der Waals surface area contributed by atoms with Crippen molar-refractivity contribution in [2.75, 3.05) is 69.8 Å². The van der Waals surface area contributed by atoms with Crippen LogP contribution in [0.3, 0.4) is 0 Å². The van der Waals surface area contributed by atoms with Gasteiger partial charge in [0.25, 0.3) is 5.56 Å². The van der Waals surface area contributed by atoms with E-state index >= 15 is 0 Å². The second-order valence-electron chi connectivity index (χ2n) is 20.2. The summed E-state index contributed by atoms with van der Waals surface area (Å²) >= 11 is 1.38. The number of ketones is 2. The van der Waals surface area contributed by atoms with Gasteiger partial charge in [-0.2, -0.15) is 4.98 Å². The van der Waals surface area contributed by atoms with Crippen LogP contribution in [0.25, 0.3) is 11.0 Å².